The molecule has 0 aliphatic heterocycles. The first-order valence-corrected chi connectivity index (χ1v) is 5.32. The lowest BCUT2D eigenvalue weighted by molar-refractivity contribution is 0.712. The van der Waals surface area contributed by atoms with Crippen LogP contribution in [0.1, 0.15) is 11.4 Å². The van der Waals surface area contributed by atoms with E-state index < -0.39 is 0 Å². The van der Waals surface area contributed by atoms with Gasteiger partial charge < -0.3 is 5.32 Å². The largest absolute Gasteiger partial charge is 0.378 e. The van der Waals surface area contributed by atoms with Crippen molar-refractivity contribution >= 4 is 5.69 Å². The van der Waals surface area contributed by atoms with Gasteiger partial charge in [-0.25, -0.2) is 4.98 Å². The van der Waals surface area contributed by atoms with E-state index in [-0.39, 0.29) is 0 Å². The van der Waals surface area contributed by atoms with Crippen LogP contribution in [0.5, 0.6) is 0 Å². The normalized spacial score (nSPS) is 9.88. The van der Waals surface area contributed by atoms with Crippen LogP contribution in [-0.2, 0) is 20.0 Å². The number of aromatic nitrogens is 3. The quantitative estimate of drug-likeness (QED) is 0.859. The summed E-state index contributed by atoms with van der Waals surface area (Å²) in [5, 5.41) is 15.8. The molecular weight excluding hydrogens is 214 g/mol. The molecule has 1 heterocycles. The minimum Gasteiger partial charge on any atom is -0.378 e. The molecule has 5 heteroatoms. The molecule has 1 aromatic carbocycles. The Kier molecular flexibility index (Phi) is 3.36. The van der Waals surface area contributed by atoms with Crippen molar-refractivity contribution in [2.45, 2.75) is 13.0 Å². The Morgan fingerprint density at radius 3 is 2.71 bits per heavy atom. The van der Waals surface area contributed by atoms with Crippen LogP contribution < -0.4 is 5.32 Å². The molecule has 0 radical (unpaired) electrons. The van der Waals surface area contributed by atoms with Crippen molar-refractivity contribution in [1.82, 2.24) is 14.8 Å². The van der Waals surface area contributed by atoms with Crippen LogP contribution in [0.15, 0.2) is 30.6 Å². The molecular formula is C12H13N5. The summed E-state index contributed by atoms with van der Waals surface area (Å²) in [5.74, 6) is 0.881. The molecule has 86 valence electrons. The van der Waals surface area contributed by atoms with E-state index in [1.807, 2.05) is 31.3 Å². The summed E-state index contributed by atoms with van der Waals surface area (Å²) in [6.45, 7) is 0.633. The molecule has 0 saturated heterocycles. The van der Waals surface area contributed by atoms with Gasteiger partial charge in [-0.2, -0.15) is 10.4 Å². The zero-order valence-electron chi connectivity index (χ0n) is 9.59. The maximum Gasteiger partial charge on any atom is 0.145 e. The molecule has 1 aromatic heterocycles. The van der Waals surface area contributed by atoms with Gasteiger partial charge in [-0.1, -0.05) is 12.1 Å². The first kappa shape index (κ1) is 11.1. The van der Waals surface area contributed by atoms with Crippen molar-refractivity contribution in [1.29, 1.82) is 5.26 Å². The smallest absolute Gasteiger partial charge is 0.145 e. The van der Waals surface area contributed by atoms with Gasteiger partial charge in [0.2, 0.25) is 0 Å². The number of nitriles is 1. The summed E-state index contributed by atoms with van der Waals surface area (Å²) in [7, 11) is 1.86. The predicted molar refractivity (Wildman–Crippen MR) is 64.1 cm³/mol. The van der Waals surface area contributed by atoms with Gasteiger partial charge in [-0.3, -0.25) is 4.68 Å². The van der Waals surface area contributed by atoms with E-state index in [1.165, 1.54) is 6.33 Å². The fourth-order valence-electron chi connectivity index (χ4n) is 1.49. The second-order valence-corrected chi connectivity index (χ2v) is 3.69. The average molecular weight is 227 g/mol. The molecule has 0 unspecified atom stereocenters. The highest BCUT2D eigenvalue weighted by Gasteiger charge is 1.99. The van der Waals surface area contributed by atoms with Gasteiger partial charge >= 0.3 is 0 Å². The Labute approximate surface area is 99.7 Å². The molecule has 17 heavy (non-hydrogen) atoms. The monoisotopic (exact) mass is 227 g/mol. The molecule has 0 spiro atoms. The molecule has 0 atom stereocenters. The third-order valence-corrected chi connectivity index (χ3v) is 2.49. The summed E-state index contributed by atoms with van der Waals surface area (Å²) in [5.41, 5.74) is 2.03. The molecule has 2 aromatic rings. The Balaban J connectivity index is 1.96. The number of hydrogen-bond donors (Lipinski definition) is 1. The second-order valence-electron chi connectivity index (χ2n) is 3.69. The third-order valence-electron chi connectivity index (χ3n) is 2.49. The Bertz CT molecular complexity index is 521. The van der Waals surface area contributed by atoms with Crippen molar-refractivity contribution in [3.05, 3.63) is 42.0 Å². The van der Waals surface area contributed by atoms with E-state index in [1.54, 1.807) is 4.68 Å². The number of nitrogens with zero attached hydrogens (tertiary/aromatic N) is 4. The van der Waals surface area contributed by atoms with E-state index in [4.69, 9.17) is 5.26 Å². The van der Waals surface area contributed by atoms with Gasteiger partial charge in [-0.15, -0.1) is 0 Å². The zero-order chi connectivity index (χ0) is 12.1. The van der Waals surface area contributed by atoms with Crippen LogP contribution in [0, 0.1) is 11.3 Å². The van der Waals surface area contributed by atoms with Gasteiger partial charge in [-0.05, 0) is 17.7 Å². The summed E-state index contributed by atoms with van der Waals surface area (Å²) >= 11 is 0. The Morgan fingerprint density at radius 2 is 2.12 bits per heavy atom. The SMILES string of the molecule is Cn1ncnc1CNc1ccc(CC#N)cc1. The summed E-state index contributed by atoms with van der Waals surface area (Å²) < 4.78 is 1.73. The maximum atomic E-state index is 8.56. The predicted octanol–water partition coefficient (Wildman–Crippen LogP) is 1.49. The molecule has 1 N–H and O–H groups in total. The summed E-state index contributed by atoms with van der Waals surface area (Å²) in [6.07, 6.45) is 1.98. The van der Waals surface area contributed by atoms with E-state index >= 15 is 0 Å². The van der Waals surface area contributed by atoms with Crippen molar-refractivity contribution in [3.8, 4) is 6.07 Å². The van der Waals surface area contributed by atoms with Gasteiger partial charge in [0, 0.05) is 12.7 Å². The highest BCUT2D eigenvalue weighted by atomic mass is 15.3. The minimum absolute atomic E-state index is 0.448. The first-order valence-electron chi connectivity index (χ1n) is 5.32. The van der Waals surface area contributed by atoms with Crippen molar-refractivity contribution in [3.63, 3.8) is 0 Å². The van der Waals surface area contributed by atoms with E-state index in [0.29, 0.717) is 13.0 Å². The minimum atomic E-state index is 0.448. The number of nitrogens with one attached hydrogen (secondary N) is 1. The molecule has 0 bridgehead atoms. The highest BCUT2D eigenvalue weighted by molar-refractivity contribution is 5.44. The highest BCUT2D eigenvalue weighted by Crippen LogP contribution is 2.10. The van der Waals surface area contributed by atoms with Crippen molar-refractivity contribution in [2.75, 3.05) is 5.32 Å². The first-order chi connectivity index (χ1) is 8.29. The molecule has 2 rings (SSSR count). The van der Waals surface area contributed by atoms with Gasteiger partial charge in [0.05, 0.1) is 19.0 Å². The Morgan fingerprint density at radius 1 is 1.35 bits per heavy atom. The number of hydrogen-bond acceptors (Lipinski definition) is 4. The molecule has 5 nitrogen and oxygen atoms in total. The Hall–Kier alpha value is -2.35. The summed E-state index contributed by atoms with van der Waals surface area (Å²) in [4.78, 5) is 4.12. The lowest BCUT2D eigenvalue weighted by Crippen LogP contribution is -2.06. The fourth-order valence-corrected chi connectivity index (χ4v) is 1.49. The lowest BCUT2D eigenvalue weighted by Gasteiger charge is -2.06. The number of anilines is 1. The average Bonchev–Trinajstić information content (AvgIpc) is 2.75. The van der Waals surface area contributed by atoms with E-state index in [0.717, 1.165) is 17.1 Å². The summed E-state index contributed by atoms with van der Waals surface area (Å²) in [6, 6.07) is 9.94. The van der Waals surface area contributed by atoms with Crippen LogP contribution in [-0.4, -0.2) is 14.8 Å². The molecule has 0 aliphatic rings. The van der Waals surface area contributed by atoms with Crippen LogP contribution in [0.25, 0.3) is 0 Å². The fraction of sp³-hybridized carbons (Fsp3) is 0.250. The molecule has 0 aliphatic carbocycles. The van der Waals surface area contributed by atoms with Crippen LogP contribution in [0.2, 0.25) is 0 Å². The van der Waals surface area contributed by atoms with Crippen LogP contribution in [0.4, 0.5) is 5.69 Å². The topological polar surface area (TPSA) is 66.5 Å². The number of rotatable bonds is 4. The lowest BCUT2D eigenvalue weighted by atomic mass is 10.1. The maximum absolute atomic E-state index is 8.56. The van der Waals surface area contributed by atoms with Crippen LogP contribution in [0.3, 0.4) is 0 Å². The van der Waals surface area contributed by atoms with E-state index in [9.17, 15) is 0 Å². The number of benzene rings is 1. The van der Waals surface area contributed by atoms with Crippen molar-refractivity contribution in [2.24, 2.45) is 7.05 Å². The molecule has 0 saturated carbocycles. The van der Waals surface area contributed by atoms with Gasteiger partial charge in [0.25, 0.3) is 0 Å². The standard InChI is InChI=1S/C12H13N5/c1-17-12(15-9-16-17)8-14-11-4-2-10(3-5-11)6-7-13/h2-5,9,14H,6,8H2,1H3. The zero-order valence-corrected chi connectivity index (χ0v) is 9.59. The molecule has 0 amide bonds. The van der Waals surface area contributed by atoms with Crippen LogP contribution >= 0.6 is 0 Å². The van der Waals surface area contributed by atoms with Gasteiger partial charge in [0.15, 0.2) is 0 Å². The number of aryl methyl sites for hydroxylation is 1. The third kappa shape index (κ3) is 2.82. The second kappa shape index (κ2) is 5.12. The van der Waals surface area contributed by atoms with E-state index in [2.05, 4.69) is 21.5 Å². The van der Waals surface area contributed by atoms with Crippen molar-refractivity contribution < 1.29 is 0 Å². The molecule has 0 fully saturated rings. The van der Waals surface area contributed by atoms with Gasteiger partial charge in [0.1, 0.15) is 12.2 Å².